The fraction of sp³-hybridized carbons (Fsp3) is 0.292. The fourth-order valence-electron chi connectivity index (χ4n) is 3.81. The van der Waals surface area contributed by atoms with Crippen LogP contribution in [0.3, 0.4) is 0 Å². The van der Waals surface area contributed by atoms with Crippen molar-refractivity contribution in [2.24, 2.45) is 5.92 Å². The van der Waals surface area contributed by atoms with Crippen molar-refractivity contribution in [3.05, 3.63) is 66.2 Å². The molecule has 1 aromatic heterocycles. The van der Waals surface area contributed by atoms with Crippen LogP contribution in [0.15, 0.2) is 60.7 Å². The van der Waals surface area contributed by atoms with Gasteiger partial charge in [-0.05, 0) is 49.6 Å². The molecule has 1 aliphatic rings. The Morgan fingerprint density at radius 3 is 2.67 bits per heavy atom. The van der Waals surface area contributed by atoms with Gasteiger partial charge in [0.25, 0.3) is 0 Å². The molecule has 1 amide bonds. The summed E-state index contributed by atoms with van der Waals surface area (Å²) in [5, 5.41) is 11.9. The first-order valence-corrected chi connectivity index (χ1v) is 10.2. The average Bonchev–Trinajstić information content (AvgIpc) is 2.80. The van der Waals surface area contributed by atoms with Crippen molar-refractivity contribution >= 4 is 17.4 Å². The molecular formula is C24H26N4O2. The highest BCUT2D eigenvalue weighted by Gasteiger charge is 2.27. The zero-order valence-electron chi connectivity index (χ0n) is 17.3. The van der Waals surface area contributed by atoms with E-state index in [1.165, 1.54) is 0 Å². The maximum absolute atomic E-state index is 12.9. The van der Waals surface area contributed by atoms with Gasteiger partial charge in [-0.15, -0.1) is 10.2 Å². The summed E-state index contributed by atoms with van der Waals surface area (Å²) in [5.41, 5.74) is 3.67. The molecule has 6 nitrogen and oxygen atoms in total. The van der Waals surface area contributed by atoms with Gasteiger partial charge in [0, 0.05) is 18.7 Å². The molecule has 1 saturated heterocycles. The molecule has 0 radical (unpaired) electrons. The van der Waals surface area contributed by atoms with Crippen LogP contribution in [0.4, 0.5) is 11.5 Å². The maximum atomic E-state index is 12.9. The largest absolute Gasteiger partial charge is 0.495 e. The van der Waals surface area contributed by atoms with Crippen LogP contribution in [0.2, 0.25) is 0 Å². The summed E-state index contributed by atoms with van der Waals surface area (Å²) < 4.78 is 5.38. The zero-order chi connectivity index (χ0) is 20.9. The number of nitrogens with zero attached hydrogens (tertiary/aromatic N) is 3. The summed E-state index contributed by atoms with van der Waals surface area (Å²) >= 11 is 0. The van der Waals surface area contributed by atoms with Gasteiger partial charge in [-0.2, -0.15) is 0 Å². The van der Waals surface area contributed by atoms with Gasteiger partial charge >= 0.3 is 0 Å². The monoisotopic (exact) mass is 402 g/mol. The molecule has 1 N–H and O–H groups in total. The quantitative estimate of drug-likeness (QED) is 0.689. The van der Waals surface area contributed by atoms with Gasteiger partial charge < -0.3 is 15.0 Å². The average molecular weight is 402 g/mol. The van der Waals surface area contributed by atoms with Gasteiger partial charge in [0.1, 0.15) is 5.75 Å². The Kier molecular flexibility index (Phi) is 5.93. The number of anilines is 2. The van der Waals surface area contributed by atoms with Crippen LogP contribution in [0, 0.1) is 12.8 Å². The third kappa shape index (κ3) is 4.43. The summed E-state index contributed by atoms with van der Waals surface area (Å²) in [7, 11) is 1.61. The molecule has 3 aromatic rings. The van der Waals surface area contributed by atoms with E-state index in [9.17, 15) is 4.79 Å². The van der Waals surface area contributed by atoms with E-state index in [-0.39, 0.29) is 11.8 Å². The number of hydrogen-bond donors (Lipinski definition) is 1. The predicted molar refractivity (Wildman–Crippen MR) is 119 cm³/mol. The predicted octanol–water partition coefficient (Wildman–Crippen LogP) is 4.32. The first kappa shape index (κ1) is 19.9. The molecule has 0 aliphatic carbocycles. The number of aromatic nitrogens is 2. The molecule has 0 saturated carbocycles. The second-order valence-corrected chi connectivity index (χ2v) is 7.62. The number of aryl methyl sites for hydroxylation is 1. The first-order chi connectivity index (χ1) is 14.6. The molecule has 30 heavy (non-hydrogen) atoms. The van der Waals surface area contributed by atoms with E-state index in [0.717, 1.165) is 42.0 Å². The molecule has 1 unspecified atom stereocenters. The van der Waals surface area contributed by atoms with Crippen LogP contribution >= 0.6 is 0 Å². The molecule has 0 spiro atoms. The zero-order valence-corrected chi connectivity index (χ0v) is 17.3. The number of rotatable bonds is 5. The van der Waals surface area contributed by atoms with E-state index in [2.05, 4.69) is 20.4 Å². The van der Waals surface area contributed by atoms with Gasteiger partial charge in [0.2, 0.25) is 5.91 Å². The molecule has 1 atom stereocenters. The number of carbonyl (C=O) groups excluding carboxylic acids is 1. The van der Waals surface area contributed by atoms with Crippen molar-refractivity contribution in [1.29, 1.82) is 0 Å². The standard InChI is InChI=1S/C24H26N4O2/c1-17-10-12-22(30-2)21(15-17)25-24(29)19-9-6-14-28(16-19)23-13-11-20(26-27-23)18-7-4-3-5-8-18/h3-5,7-8,10-13,15,19H,6,9,14,16H2,1-2H3,(H,25,29). The number of hydrogen-bond acceptors (Lipinski definition) is 5. The normalized spacial score (nSPS) is 16.2. The number of carbonyl (C=O) groups is 1. The lowest BCUT2D eigenvalue weighted by Crippen LogP contribution is -2.41. The van der Waals surface area contributed by atoms with Gasteiger partial charge in [-0.3, -0.25) is 4.79 Å². The number of ether oxygens (including phenoxy) is 1. The summed E-state index contributed by atoms with van der Waals surface area (Å²) in [6.45, 7) is 3.49. The molecule has 154 valence electrons. The minimum Gasteiger partial charge on any atom is -0.495 e. The minimum absolute atomic E-state index is 0.0115. The lowest BCUT2D eigenvalue weighted by Gasteiger charge is -2.32. The summed E-state index contributed by atoms with van der Waals surface area (Å²) in [6, 6.07) is 19.7. The highest BCUT2D eigenvalue weighted by atomic mass is 16.5. The van der Waals surface area contributed by atoms with Crippen LogP contribution in [-0.4, -0.2) is 36.3 Å². The Labute approximate surface area is 176 Å². The smallest absolute Gasteiger partial charge is 0.229 e. The van der Waals surface area contributed by atoms with Gasteiger partial charge in [0.15, 0.2) is 5.82 Å². The third-order valence-corrected chi connectivity index (χ3v) is 5.45. The summed E-state index contributed by atoms with van der Waals surface area (Å²) in [5.74, 6) is 1.38. The Balaban J connectivity index is 1.44. The lowest BCUT2D eigenvalue weighted by atomic mass is 9.97. The molecule has 6 heteroatoms. The van der Waals surface area contributed by atoms with Crippen LogP contribution in [0.5, 0.6) is 5.75 Å². The van der Waals surface area contributed by atoms with E-state index < -0.39 is 0 Å². The molecule has 4 rings (SSSR count). The molecule has 1 fully saturated rings. The van der Waals surface area contributed by atoms with Crippen molar-refractivity contribution in [1.82, 2.24) is 10.2 Å². The molecule has 2 heterocycles. The van der Waals surface area contributed by atoms with E-state index in [4.69, 9.17) is 4.74 Å². The fourth-order valence-corrected chi connectivity index (χ4v) is 3.81. The second-order valence-electron chi connectivity index (χ2n) is 7.62. The van der Waals surface area contributed by atoms with Gasteiger partial charge in [0.05, 0.1) is 24.4 Å². The Morgan fingerprint density at radius 1 is 1.10 bits per heavy atom. The second kappa shape index (κ2) is 8.95. The van der Waals surface area contributed by atoms with E-state index in [0.29, 0.717) is 18.0 Å². The minimum atomic E-state index is -0.112. The molecule has 1 aliphatic heterocycles. The molecule has 0 bridgehead atoms. The van der Waals surface area contributed by atoms with Gasteiger partial charge in [-0.25, -0.2) is 0 Å². The molecular weight excluding hydrogens is 376 g/mol. The number of amides is 1. The van der Waals surface area contributed by atoms with Crippen molar-refractivity contribution in [3.63, 3.8) is 0 Å². The highest BCUT2D eigenvalue weighted by molar-refractivity contribution is 5.94. The van der Waals surface area contributed by atoms with Crippen LogP contribution in [-0.2, 0) is 4.79 Å². The van der Waals surface area contributed by atoms with Crippen molar-refractivity contribution in [3.8, 4) is 17.0 Å². The van der Waals surface area contributed by atoms with E-state index >= 15 is 0 Å². The maximum Gasteiger partial charge on any atom is 0.229 e. The first-order valence-electron chi connectivity index (χ1n) is 10.2. The van der Waals surface area contributed by atoms with Crippen LogP contribution < -0.4 is 15.0 Å². The topological polar surface area (TPSA) is 67.3 Å². The Hall–Kier alpha value is -3.41. The third-order valence-electron chi connectivity index (χ3n) is 5.45. The van der Waals surface area contributed by atoms with Crippen molar-refractivity contribution in [2.45, 2.75) is 19.8 Å². The van der Waals surface area contributed by atoms with E-state index in [1.54, 1.807) is 7.11 Å². The van der Waals surface area contributed by atoms with Crippen LogP contribution in [0.25, 0.3) is 11.3 Å². The Bertz CT molecular complexity index is 1010. The van der Waals surface area contributed by atoms with Crippen LogP contribution in [0.1, 0.15) is 18.4 Å². The summed E-state index contributed by atoms with van der Waals surface area (Å²) in [6.07, 6.45) is 1.79. The van der Waals surface area contributed by atoms with Crippen molar-refractivity contribution < 1.29 is 9.53 Å². The lowest BCUT2D eigenvalue weighted by molar-refractivity contribution is -0.120. The van der Waals surface area contributed by atoms with Crippen molar-refractivity contribution in [2.75, 3.05) is 30.4 Å². The SMILES string of the molecule is COc1ccc(C)cc1NC(=O)C1CCCN(c2ccc(-c3ccccc3)nn2)C1. The summed E-state index contributed by atoms with van der Waals surface area (Å²) in [4.78, 5) is 15.1. The van der Waals surface area contributed by atoms with Gasteiger partial charge in [-0.1, -0.05) is 36.4 Å². The Morgan fingerprint density at radius 2 is 1.93 bits per heavy atom. The number of methoxy groups -OCH3 is 1. The number of piperidine rings is 1. The number of nitrogens with one attached hydrogen (secondary N) is 1. The van der Waals surface area contributed by atoms with E-state index in [1.807, 2.05) is 67.6 Å². The highest BCUT2D eigenvalue weighted by Crippen LogP contribution is 2.28. The number of benzene rings is 2. The molecule has 2 aromatic carbocycles.